The van der Waals surface area contributed by atoms with E-state index in [0.717, 1.165) is 24.2 Å². The van der Waals surface area contributed by atoms with Crippen LogP contribution in [0.3, 0.4) is 0 Å². The van der Waals surface area contributed by atoms with Crippen LogP contribution in [0, 0.1) is 29.1 Å². The van der Waals surface area contributed by atoms with Gasteiger partial charge in [-0.25, -0.2) is 0 Å². The topological polar surface area (TPSA) is 20.2 Å². The second-order valence-corrected chi connectivity index (χ2v) is 6.87. The molecule has 3 bridgehead atoms. The molecule has 0 amide bonds. The average Bonchev–Trinajstić information content (AvgIpc) is 2.36. The predicted molar refractivity (Wildman–Crippen MR) is 56.8 cm³/mol. The second kappa shape index (κ2) is 2.37. The lowest BCUT2D eigenvalue weighted by molar-refractivity contribution is -0.125. The minimum Gasteiger partial charge on any atom is -0.390 e. The van der Waals surface area contributed by atoms with Crippen LogP contribution >= 0.6 is 0 Å². The van der Waals surface area contributed by atoms with Crippen LogP contribution in [-0.2, 0) is 0 Å². The minimum atomic E-state index is -0.351. The molecule has 3 aliphatic rings. The first-order valence-corrected chi connectivity index (χ1v) is 6.13. The SMILES string of the molecule is CC1(C)C2CC3CC1[C@H](C3)C(C)(O)C2. The highest BCUT2D eigenvalue weighted by Gasteiger charge is 2.61. The van der Waals surface area contributed by atoms with Crippen LogP contribution in [0.15, 0.2) is 0 Å². The second-order valence-electron chi connectivity index (χ2n) is 6.87. The number of hydrogen-bond acceptors (Lipinski definition) is 1. The smallest absolute Gasteiger partial charge is 0.0653 e. The third kappa shape index (κ3) is 0.946. The highest BCUT2D eigenvalue weighted by molar-refractivity contribution is 5.10. The van der Waals surface area contributed by atoms with Crippen molar-refractivity contribution in [3.05, 3.63) is 0 Å². The molecule has 1 nitrogen and oxygen atoms in total. The van der Waals surface area contributed by atoms with E-state index in [4.69, 9.17) is 0 Å². The summed E-state index contributed by atoms with van der Waals surface area (Å²) in [6.07, 6.45) is 5.13. The Hall–Kier alpha value is -0.0400. The maximum atomic E-state index is 10.5. The molecule has 0 aromatic heterocycles. The first-order valence-electron chi connectivity index (χ1n) is 6.13. The van der Waals surface area contributed by atoms with Crippen LogP contribution in [0.2, 0.25) is 0 Å². The molecule has 80 valence electrons. The third-order valence-corrected chi connectivity index (χ3v) is 5.74. The van der Waals surface area contributed by atoms with Crippen LogP contribution in [0.25, 0.3) is 0 Å². The minimum absolute atomic E-state index is 0.351. The van der Waals surface area contributed by atoms with Gasteiger partial charge in [0.2, 0.25) is 0 Å². The van der Waals surface area contributed by atoms with Crippen LogP contribution in [0.1, 0.15) is 46.5 Å². The zero-order valence-electron chi connectivity index (χ0n) is 9.59. The monoisotopic (exact) mass is 194 g/mol. The molecule has 3 rings (SSSR count). The number of aliphatic hydroxyl groups is 1. The quantitative estimate of drug-likeness (QED) is 0.628. The summed E-state index contributed by atoms with van der Waals surface area (Å²) in [4.78, 5) is 0. The van der Waals surface area contributed by atoms with Crippen LogP contribution < -0.4 is 0 Å². The van der Waals surface area contributed by atoms with Gasteiger partial charge in [-0.15, -0.1) is 0 Å². The molecule has 0 aromatic rings. The lowest BCUT2D eigenvalue weighted by Crippen LogP contribution is -2.52. The Bertz CT molecular complexity index is 264. The summed E-state index contributed by atoms with van der Waals surface area (Å²) in [5.74, 6) is 3.12. The molecule has 0 aliphatic heterocycles. The maximum absolute atomic E-state index is 10.5. The van der Waals surface area contributed by atoms with Crippen molar-refractivity contribution >= 4 is 0 Å². The molecule has 0 spiro atoms. The summed E-state index contributed by atoms with van der Waals surface area (Å²) in [6, 6.07) is 0. The van der Waals surface area contributed by atoms with Gasteiger partial charge in [-0.3, -0.25) is 0 Å². The molecular weight excluding hydrogens is 172 g/mol. The summed E-state index contributed by atoms with van der Waals surface area (Å²) in [7, 11) is 0. The lowest BCUT2D eigenvalue weighted by atomic mass is 9.52. The first-order chi connectivity index (χ1) is 6.41. The number of fused-ring (bicyclic) bond motifs is 2. The Morgan fingerprint density at radius 3 is 2.36 bits per heavy atom. The number of rotatable bonds is 0. The van der Waals surface area contributed by atoms with Crippen molar-refractivity contribution in [2.45, 2.75) is 52.1 Å². The summed E-state index contributed by atoms with van der Waals surface area (Å²) in [5.41, 5.74) is 0.149. The molecule has 0 heterocycles. The molecule has 4 unspecified atom stereocenters. The van der Waals surface area contributed by atoms with Gasteiger partial charge in [-0.2, -0.15) is 0 Å². The lowest BCUT2D eigenvalue weighted by Gasteiger charge is -2.54. The van der Waals surface area contributed by atoms with Gasteiger partial charge in [0.15, 0.2) is 0 Å². The Labute approximate surface area is 86.9 Å². The highest BCUT2D eigenvalue weighted by atomic mass is 16.3. The highest BCUT2D eigenvalue weighted by Crippen LogP contribution is 2.65. The molecule has 1 heteroatoms. The van der Waals surface area contributed by atoms with Gasteiger partial charge in [-0.1, -0.05) is 13.8 Å². The van der Waals surface area contributed by atoms with Crippen molar-refractivity contribution in [2.24, 2.45) is 29.1 Å². The van der Waals surface area contributed by atoms with E-state index in [1.807, 2.05) is 0 Å². The van der Waals surface area contributed by atoms with Crippen molar-refractivity contribution in [2.75, 3.05) is 0 Å². The fourth-order valence-electron chi connectivity index (χ4n) is 4.85. The van der Waals surface area contributed by atoms with E-state index in [9.17, 15) is 5.11 Å². The van der Waals surface area contributed by atoms with E-state index in [-0.39, 0.29) is 5.60 Å². The standard InChI is InChI=1S/C13H22O/c1-12(2)9-4-8-5-10(12)11(6-8)13(3,14)7-9/h8-11,14H,4-7H2,1-3H3/t8?,9?,10?,11-,13?/m0/s1. The van der Waals surface area contributed by atoms with Gasteiger partial charge in [0.05, 0.1) is 5.60 Å². The molecule has 14 heavy (non-hydrogen) atoms. The Balaban J connectivity index is 2.05. The molecule has 1 N–H and O–H groups in total. The number of hydrogen-bond donors (Lipinski definition) is 1. The molecule has 3 aliphatic carbocycles. The molecule has 0 saturated heterocycles. The van der Waals surface area contributed by atoms with E-state index in [1.165, 1.54) is 19.3 Å². The fraction of sp³-hybridized carbons (Fsp3) is 1.00. The van der Waals surface area contributed by atoms with E-state index < -0.39 is 0 Å². The zero-order chi connectivity index (χ0) is 10.1. The van der Waals surface area contributed by atoms with Gasteiger partial charge >= 0.3 is 0 Å². The Morgan fingerprint density at radius 2 is 1.64 bits per heavy atom. The Kier molecular flexibility index (Phi) is 1.56. The summed E-state index contributed by atoms with van der Waals surface area (Å²) >= 11 is 0. The van der Waals surface area contributed by atoms with Crippen LogP contribution in [0.4, 0.5) is 0 Å². The van der Waals surface area contributed by atoms with E-state index in [2.05, 4.69) is 20.8 Å². The molecule has 3 saturated carbocycles. The summed E-state index contributed by atoms with van der Waals surface area (Å²) < 4.78 is 0. The third-order valence-electron chi connectivity index (χ3n) is 5.74. The normalized spacial score (nSPS) is 59.1. The zero-order valence-corrected chi connectivity index (χ0v) is 9.59. The van der Waals surface area contributed by atoms with Gasteiger partial charge in [0, 0.05) is 0 Å². The van der Waals surface area contributed by atoms with Gasteiger partial charge in [0.25, 0.3) is 0 Å². The van der Waals surface area contributed by atoms with Crippen molar-refractivity contribution in [1.29, 1.82) is 0 Å². The van der Waals surface area contributed by atoms with Gasteiger partial charge in [0.1, 0.15) is 0 Å². The maximum Gasteiger partial charge on any atom is 0.0653 e. The summed E-state index contributed by atoms with van der Waals surface area (Å²) in [6.45, 7) is 6.96. The largest absolute Gasteiger partial charge is 0.390 e. The van der Waals surface area contributed by atoms with E-state index >= 15 is 0 Å². The fourth-order valence-corrected chi connectivity index (χ4v) is 4.85. The van der Waals surface area contributed by atoms with Crippen LogP contribution in [-0.4, -0.2) is 10.7 Å². The van der Waals surface area contributed by atoms with Crippen molar-refractivity contribution < 1.29 is 5.11 Å². The molecule has 0 aromatic carbocycles. The summed E-state index contributed by atoms with van der Waals surface area (Å²) in [5, 5.41) is 10.5. The van der Waals surface area contributed by atoms with Crippen molar-refractivity contribution in [3.8, 4) is 0 Å². The Morgan fingerprint density at radius 1 is 1.00 bits per heavy atom. The van der Waals surface area contributed by atoms with Crippen molar-refractivity contribution in [3.63, 3.8) is 0 Å². The molecular formula is C13H22O. The van der Waals surface area contributed by atoms with Crippen molar-refractivity contribution in [1.82, 2.24) is 0 Å². The van der Waals surface area contributed by atoms with Gasteiger partial charge in [-0.05, 0) is 61.7 Å². The molecule has 5 atom stereocenters. The predicted octanol–water partition coefficient (Wildman–Crippen LogP) is 2.83. The average molecular weight is 194 g/mol. The van der Waals surface area contributed by atoms with E-state index in [1.54, 1.807) is 0 Å². The molecule has 3 fully saturated rings. The first kappa shape index (κ1) is 9.21. The van der Waals surface area contributed by atoms with Crippen LogP contribution in [0.5, 0.6) is 0 Å². The molecule has 0 radical (unpaired) electrons. The van der Waals surface area contributed by atoms with Gasteiger partial charge < -0.3 is 5.11 Å². The van der Waals surface area contributed by atoms with E-state index in [0.29, 0.717) is 11.3 Å².